The highest BCUT2D eigenvalue weighted by molar-refractivity contribution is 6.21. The minimum atomic E-state index is -0.728. The van der Waals surface area contributed by atoms with E-state index in [1.807, 2.05) is 0 Å². The van der Waals surface area contributed by atoms with E-state index in [0.29, 0.717) is 11.1 Å². The van der Waals surface area contributed by atoms with Gasteiger partial charge in [0.1, 0.15) is 11.6 Å². The van der Waals surface area contributed by atoms with Crippen molar-refractivity contribution >= 4 is 17.7 Å². The molecule has 1 heterocycles. The molecule has 0 aliphatic carbocycles. The number of carbonyl (C=O) groups excluding carboxylic acids is 3. The van der Waals surface area contributed by atoms with Crippen molar-refractivity contribution in [1.29, 1.82) is 0 Å². The fourth-order valence-electron chi connectivity index (χ4n) is 3.08. The zero-order valence-corrected chi connectivity index (χ0v) is 14.7. The second kappa shape index (κ2) is 7.65. The maximum atomic E-state index is 13.8. The highest BCUT2D eigenvalue weighted by Crippen LogP contribution is 2.23. The first-order valence-electron chi connectivity index (χ1n) is 8.58. The van der Waals surface area contributed by atoms with Crippen molar-refractivity contribution in [3.05, 3.63) is 70.8 Å². The van der Waals surface area contributed by atoms with Crippen LogP contribution in [0.5, 0.6) is 0 Å². The molecule has 0 radical (unpaired) electrons. The minimum absolute atomic E-state index is 0.0700. The van der Waals surface area contributed by atoms with Crippen molar-refractivity contribution < 1.29 is 23.2 Å². The average Bonchev–Trinajstić information content (AvgIpc) is 2.87. The molecule has 0 bridgehead atoms. The molecule has 2 aromatic carbocycles. The van der Waals surface area contributed by atoms with E-state index in [9.17, 15) is 23.2 Å². The van der Waals surface area contributed by atoms with Crippen molar-refractivity contribution in [2.24, 2.45) is 0 Å². The standard InChI is InChI=1S/C20H18F2N2O3/c1-12(14-9-8-13(21)11-17(14)22)23-18(25)7-4-10-24-19(26)15-5-2-3-6-16(15)20(24)27/h2-3,5-6,8-9,11-12H,4,7,10H2,1H3,(H,23,25). The molecule has 140 valence electrons. The molecule has 3 amide bonds. The lowest BCUT2D eigenvalue weighted by Gasteiger charge is -2.16. The molecule has 0 spiro atoms. The Kier molecular flexibility index (Phi) is 5.30. The van der Waals surface area contributed by atoms with Crippen LogP contribution in [0, 0.1) is 11.6 Å². The van der Waals surface area contributed by atoms with E-state index in [0.717, 1.165) is 17.0 Å². The number of fused-ring (bicyclic) bond motifs is 1. The van der Waals surface area contributed by atoms with Gasteiger partial charge in [-0.1, -0.05) is 18.2 Å². The SMILES string of the molecule is CC(NC(=O)CCCN1C(=O)c2ccccc2C1=O)c1ccc(F)cc1F. The van der Waals surface area contributed by atoms with Gasteiger partial charge in [0.25, 0.3) is 11.8 Å². The summed E-state index contributed by atoms with van der Waals surface area (Å²) < 4.78 is 26.7. The van der Waals surface area contributed by atoms with Gasteiger partial charge in [0, 0.05) is 24.6 Å². The summed E-state index contributed by atoms with van der Waals surface area (Å²) in [5.41, 5.74) is 0.921. The highest BCUT2D eigenvalue weighted by Gasteiger charge is 2.34. The second-order valence-corrected chi connectivity index (χ2v) is 6.37. The number of imide groups is 1. The number of hydrogen-bond acceptors (Lipinski definition) is 3. The molecule has 27 heavy (non-hydrogen) atoms. The van der Waals surface area contributed by atoms with E-state index in [1.54, 1.807) is 31.2 Å². The number of benzene rings is 2. The molecular formula is C20H18F2N2O3. The molecule has 0 aromatic heterocycles. The Hall–Kier alpha value is -3.09. The molecule has 1 atom stereocenters. The quantitative estimate of drug-likeness (QED) is 0.792. The van der Waals surface area contributed by atoms with Crippen LogP contribution in [0.1, 0.15) is 52.1 Å². The highest BCUT2D eigenvalue weighted by atomic mass is 19.1. The maximum Gasteiger partial charge on any atom is 0.261 e. The van der Waals surface area contributed by atoms with Crippen LogP contribution in [0.4, 0.5) is 8.78 Å². The van der Waals surface area contributed by atoms with Crippen LogP contribution in [0.15, 0.2) is 42.5 Å². The molecule has 3 rings (SSSR count). The summed E-state index contributed by atoms with van der Waals surface area (Å²) in [5.74, 6) is -2.48. The first kappa shape index (κ1) is 18.7. The summed E-state index contributed by atoms with van der Waals surface area (Å²) in [6.45, 7) is 1.72. The predicted molar refractivity (Wildman–Crippen MR) is 94.0 cm³/mol. The predicted octanol–water partition coefficient (Wildman–Crippen LogP) is 3.22. The third-order valence-corrected chi connectivity index (χ3v) is 4.47. The zero-order chi connectivity index (χ0) is 19.6. The van der Waals surface area contributed by atoms with Gasteiger partial charge in [-0.25, -0.2) is 8.78 Å². The van der Waals surface area contributed by atoms with Crippen LogP contribution in [0.2, 0.25) is 0 Å². The summed E-state index contributed by atoms with van der Waals surface area (Å²) in [6.07, 6.45) is 0.358. The van der Waals surface area contributed by atoms with Crippen molar-refractivity contribution in [3.8, 4) is 0 Å². The van der Waals surface area contributed by atoms with Crippen LogP contribution in [0.25, 0.3) is 0 Å². The number of rotatable bonds is 6. The summed E-state index contributed by atoms with van der Waals surface area (Å²) >= 11 is 0. The average molecular weight is 372 g/mol. The van der Waals surface area contributed by atoms with E-state index in [2.05, 4.69) is 5.32 Å². The minimum Gasteiger partial charge on any atom is -0.349 e. The largest absolute Gasteiger partial charge is 0.349 e. The Morgan fingerprint density at radius 1 is 1.07 bits per heavy atom. The van der Waals surface area contributed by atoms with Crippen molar-refractivity contribution in [2.75, 3.05) is 6.54 Å². The van der Waals surface area contributed by atoms with Gasteiger partial charge in [-0.05, 0) is 31.5 Å². The van der Waals surface area contributed by atoms with Gasteiger partial charge < -0.3 is 5.32 Å². The van der Waals surface area contributed by atoms with Gasteiger partial charge in [0.05, 0.1) is 17.2 Å². The van der Waals surface area contributed by atoms with Gasteiger partial charge in [0.15, 0.2) is 0 Å². The fraction of sp³-hybridized carbons (Fsp3) is 0.250. The van der Waals surface area contributed by atoms with Crippen LogP contribution in [-0.2, 0) is 4.79 Å². The molecule has 5 nitrogen and oxygen atoms in total. The van der Waals surface area contributed by atoms with E-state index in [-0.39, 0.29) is 42.7 Å². The first-order chi connectivity index (χ1) is 12.9. The smallest absolute Gasteiger partial charge is 0.261 e. The number of nitrogens with zero attached hydrogens (tertiary/aromatic N) is 1. The number of carbonyl (C=O) groups is 3. The van der Waals surface area contributed by atoms with E-state index >= 15 is 0 Å². The number of hydrogen-bond donors (Lipinski definition) is 1. The maximum absolute atomic E-state index is 13.8. The van der Waals surface area contributed by atoms with Gasteiger partial charge >= 0.3 is 0 Å². The Labute approximate surface area is 155 Å². The molecule has 1 N–H and O–H groups in total. The van der Waals surface area contributed by atoms with Crippen LogP contribution < -0.4 is 5.32 Å². The van der Waals surface area contributed by atoms with Gasteiger partial charge in [-0.15, -0.1) is 0 Å². The Balaban J connectivity index is 1.52. The van der Waals surface area contributed by atoms with Gasteiger partial charge in [-0.2, -0.15) is 0 Å². The lowest BCUT2D eigenvalue weighted by atomic mass is 10.1. The molecule has 1 unspecified atom stereocenters. The topological polar surface area (TPSA) is 66.5 Å². The molecule has 0 fully saturated rings. The van der Waals surface area contributed by atoms with Crippen LogP contribution >= 0.6 is 0 Å². The second-order valence-electron chi connectivity index (χ2n) is 6.37. The Morgan fingerprint density at radius 3 is 2.30 bits per heavy atom. The number of nitrogens with one attached hydrogen (secondary N) is 1. The summed E-state index contributed by atoms with van der Waals surface area (Å²) in [5, 5.41) is 2.63. The Morgan fingerprint density at radius 2 is 1.70 bits per heavy atom. The summed E-state index contributed by atoms with van der Waals surface area (Å²) in [7, 11) is 0. The van der Waals surface area contributed by atoms with Crippen LogP contribution in [0.3, 0.4) is 0 Å². The molecule has 2 aromatic rings. The van der Waals surface area contributed by atoms with Gasteiger partial charge in [-0.3, -0.25) is 19.3 Å². The summed E-state index contributed by atoms with van der Waals surface area (Å²) in [6, 6.07) is 9.13. The normalized spacial score (nSPS) is 14.3. The Bertz CT molecular complexity index is 879. The number of halogens is 2. The third kappa shape index (κ3) is 3.86. The molecular weight excluding hydrogens is 354 g/mol. The van der Waals surface area contributed by atoms with Crippen LogP contribution in [-0.4, -0.2) is 29.2 Å². The van der Waals surface area contributed by atoms with E-state index in [1.165, 1.54) is 6.07 Å². The molecule has 1 aliphatic heterocycles. The van der Waals surface area contributed by atoms with Crippen molar-refractivity contribution in [3.63, 3.8) is 0 Å². The summed E-state index contributed by atoms with van der Waals surface area (Å²) in [4.78, 5) is 37.7. The van der Waals surface area contributed by atoms with Crippen molar-refractivity contribution in [1.82, 2.24) is 10.2 Å². The lowest BCUT2D eigenvalue weighted by molar-refractivity contribution is -0.121. The first-order valence-corrected chi connectivity index (χ1v) is 8.58. The molecule has 0 saturated carbocycles. The zero-order valence-electron chi connectivity index (χ0n) is 14.7. The molecule has 1 aliphatic rings. The molecule has 7 heteroatoms. The molecule has 0 saturated heterocycles. The number of amides is 3. The van der Waals surface area contributed by atoms with Crippen molar-refractivity contribution in [2.45, 2.75) is 25.8 Å². The third-order valence-electron chi connectivity index (χ3n) is 4.47. The van der Waals surface area contributed by atoms with Gasteiger partial charge in [0.2, 0.25) is 5.91 Å². The fourth-order valence-corrected chi connectivity index (χ4v) is 3.08. The van der Waals surface area contributed by atoms with E-state index in [4.69, 9.17) is 0 Å². The lowest BCUT2D eigenvalue weighted by Crippen LogP contribution is -2.32. The monoisotopic (exact) mass is 372 g/mol. The van der Waals surface area contributed by atoms with E-state index < -0.39 is 17.7 Å².